The van der Waals surface area contributed by atoms with Crippen molar-refractivity contribution in [2.45, 2.75) is 26.5 Å². The van der Waals surface area contributed by atoms with E-state index in [2.05, 4.69) is 48.3 Å². The van der Waals surface area contributed by atoms with Gasteiger partial charge in [-0.15, -0.1) is 0 Å². The maximum absolute atomic E-state index is 9.51. The molecule has 0 heterocycles. The topological polar surface area (TPSA) is 44.7 Å². The fourth-order valence-electron chi connectivity index (χ4n) is 2.05. The molecule has 0 saturated heterocycles. The first-order valence-electron chi connectivity index (χ1n) is 6.92. The highest BCUT2D eigenvalue weighted by Gasteiger charge is 2.03. The monoisotopic (exact) mass is 266 g/mol. The highest BCUT2D eigenvalue weighted by Crippen LogP contribution is 2.14. The second-order valence-electron chi connectivity index (χ2n) is 4.58. The van der Waals surface area contributed by atoms with Gasteiger partial charge in [-0.05, 0) is 31.5 Å². The number of methoxy groups -OCH3 is 1. The molecule has 0 saturated carbocycles. The summed E-state index contributed by atoms with van der Waals surface area (Å²) in [6, 6.07) is 8.55. The van der Waals surface area contributed by atoms with Gasteiger partial charge in [-0.25, -0.2) is 0 Å². The van der Waals surface area contributed by atoms with Crippen LogP contribution < -0.4 is 10.2 Å². The third kappa shape index (κ3) is 5.59. The third-order valence-electron chi connectivity index (χ3n) is 3.13. The minimum atomic E-state index is -0.444. The molecule has 0 aliphatic rings. The molecule has 1 aromatic carbocycles. The van der Waals surface area contributed by atoms with E-state index in [1.165, 1.54) is 11.3 Å². The second kappa shape index (κ2) is 8.91. The predicted octanol–water partition coefficient (Wildman–Crippen LogP) is 1.63. The summed E-state index contributed by atoms with van der Waals surface area (Å²) in [5.41, 5.74) is 2.48. The third-order valence-corrected chi connectivity index (χ3v) is 3.13. The zero-order chi connectivity index (χ0) is 14.1. The molecule has 0 aliphatic carbocycles. The molecule has 0 fully saturated rings. The molecule has 0 bridgehead atoms. The van der Waals surface area contributed by atoms with Gasteiger partial charge in [0.2, 0.25) is 0 Å². The Kier molecular flexibility index (Phi) is 7.48. The van der Waals surface area contributed by atoms with Gasteiger partial charge in [0, 0.05) is 39.0 Å². The molecule has 108 valence electrons. The molecule has 19 heavy (non-hydrogen) atoms. The first-order valence-corrected chi connectivity index (χ1v) is 6.92. The Morgan fingerprint density at radius 3 is 2.37 bits per heavy atom. The van der Waals surface area contributed by atoms with E-state index in [1.54, 1.807) is 7.11 Å². The molecule has 0 aromatic heterocycles. The van der Waals surface area contributed by atoms with E-state index in [0.29, 0.717) is 13.2 Å². The lowest BCUT2D eigenvalue weighted by atomic mass is 10.2. The van der Waals surface area contributed by atoms with Gasteiger partial charge in [-0.1, -0.05) is 12.1 Å². The minimum absolute atomic E-state index is 0.369. The van der Waals surface area contributed by atoms with Crippen LogP contribution in [0.15, 0.2) is 24.3 Å². The number of ether oxygens (including phenoxy) is 1. The molecule has 4 heteroatoms. The van der Waals surface area contributed by atoms with Crippen LogP contribution in [0.1, 0.15) is 19.4 Å². The smallest absolute Gasteiger partial charge is 0.0897 e. The van der Waals surface area contributed by atoms with Crippen LogP contribution in [0.2, 0.25) is 0 Å². The van der Waals surface area contributed by atoms with E-state index < -0.39 is 6.10 Å². The highest BCUT2D eigenvalue weighted by atomic mass is 16.5. The standard InChI is InChI=1S/C15H26N2O2/c1-4-17(5-2)14-8-6-13(7-9-14)10-16-11-15(18)12-19-3/h6-9,15-16,18H,4-5,10-12H2,1-3H3. The molecule has 1 unspecified atom stereocenters. The van der Waals surface area contributed by atoms with Crippen LogP contribution in [-0.4, -0.2) is 44.6 Å². The van der Waals surface area contributed by atoms with Gasteiger partial charge in [0.05, 0.1) is 12.7 Å². The average Bonchev–Trinajstić information content (AvgIpc) is 2.42. The molecule has 0 amide bonds. The molecule has 0 spiro atoms. The average molecular weight is 266 g/mol. The van der Waals surface area contributed by atoms with Crippen molar-refractivity contribution in [3.8, 4) is 0 Å². The molecule has 0 radical (unpaired) electrons. The first kappa shape index (κ1) is 16.0. The van der Waals surface area contributed by atoms with E-state index >= 15 is 0 Å². The zero-order valence-electron chi connectivity index (χ0n) is 12.2. The van der Waals surface area contributed by atoms with Crippen molar-refractivity contribution in [3.63, 3.8) is 0 Å². The number of benzene rings is 1. The summed E-state index contributed by atoms with van der Waals surface area (Å²) in [6.07, 6.45) is -0.444. The number of nitrogens with one attached hydrogen (secondary N) is 1. The van der Waals surface area contributed by atoms with Crippen molar-refractivity contribution in [2.24, 2.45) is 0 Å². The van der Waals surface area contributed by atoms with Gasteiger partial charge in [-0.3, -0.25) is 0 Å². The van der Waals surface area contributed by atoms with Crippen LogP contribution in [0.25, 0.3) is 0 Å². The summed E-state index contributed by atoms with van der Waals surface area (Å²) >= 11 is 0. The Bertz CT molecular complexity index is 337. The quantitative estimate of drug-likeness (QED) is 0.713. The van der Waals surface area contributed by atoms with Gasteiger partial charge in [0.1, 0.15) is 0 Å². The van der Waals surface area contributed by atoms with E-state index in [1.807, 2.05) is 0 Å². The summed E-state index contributed by atoms with van der Waals surface area (Å²) in [4.78, 5) is 2.32. The minimum Gasteiger partial charge on any atom is -0.389 e. The van der Waals surface area contributed by atoms with Crippen molar-refractivity contribution in [1.82, 2.24) is 5.32 Å². The number of aliphatic hydroxyl groups excluding tert-OH is 1. The number of hydrogen-bond acceptors (Lipinski definition) is 4. The lowest BCUT2D eigenvalue weighted by Gasteiger charge is -2.21. The summed E-state index contributed by atoms with van der Waals surface area (Å²) in [5.74, 6) is 0. The SMILES string of the molecule is CCN(CC)c1ccc(CNCC(O)COC)cc1. The largest absolute Gasteiger partial charge is 0.389 e. The maximum Gasteiger partial charge on any atom is 0.0897 e. The number of hydrogen-bond donors (Lipinski definition) is 2. The van der Waals surface area contributed by atoms with Gasteiger partial charge in [-0.2, -0.15) is 0 Å². The molecular formula is C15H26N2O2. The Hall–Kier alpha value is -1.10. The summed E-state index contributed by atoms with van der Waals surface area (Å²) in [5, 5.41) is 12.7. The van der Waals surface area contributed by atoms with E-state index in [9.17, 15) is 5.11 Å². The van der Waals surface area contributed by atoms with Crippen LogP contribution in [0.4, 0.5) is 5.69 Å². The predicted molar refractivity (Wildman–Crippen MR) is 79.6 cm³/mol. The number of aliphatic hydroxyl groups is 1. The van der Waals surface area contributed by atoms with Crippen molar-refractivity contribution < 1.29 is 9.84 Å². The van der Waals surface area contributed by atoms with E-state index in [4.69, 9.17) is 4.74 Å². The molecular weight excluding hydrogens is 240 g/mol. The Labute approximate surface area is 116 Å². The fourth-order valence-corrected chi connectivity index (χ4v) is 2.05. The number of anilines is 1. The summed E-state index contributed by atoms with van der Waals surface area (Å²) < 4.78 is 4.88. The molecule has 2 N–H and O–H groups in total. The Morgan fingerprint density at radius 2 is 1.84 bits per heavy atom. The fraction of sp³-hybridized carbons (Fsp3) is 0.600. The van der Waals surface area contributed by atoms with Crippen LogP contribution in [0, 0.1) is 0 Å². The van der Waals surface area contributed by atoms with E-state index in [0.717, 1.165) is 19.6 Å². The normalized spacial score (nSPS) is 12.4. The summed E-state index contributed by atoms with van der Waals surface area (Å²) in [6.45, 7) is 8.06. The molecule has 4 nitrogen and oxygen atoms in total. The van der Waals surface area contributed by atoms with Gasteiger partial charge in [0.25, 0.3) is 0 Å². The van der Waals surface area contributed by atoms with Crippen LogP contribution in [0.3, 0.4) is 0 Å². The van der Waals surface area contributed by atoms with Crippen LogP contribution >= 0.6 is 0 Å². The zero-order valence-corrected chi connectivity index (χ0v) is 12.2. The van der Waals surface area contributed by atoms with Gasteiger partial charge in [0.15, 0.2) is 0 Å². The molecule has 0 aliphatic heterocycles. The van der Waals surface area contributed by atoms with Crippen molar-refractivity contribution in [2.75, 3.05) is 38.3 Å². The number of nitrogens with zero attached hydrogens (tertiary/aromatic N) is 1. The van der Waals surface area contributed by atoms with Crippen molar-refractivity contribution in [3.05, 3.63) is 29.8 Å². The molecule has 1 atom stereocenters. The van der Waals surface area contributed by atoms with Crippen LogP contribution in [-0.2, 0) is 11.3 Å². The number of rotatable bonds is 9. The highest BCUT2D eigenvalue weighted by molar-refractivity contribution is 5.47. The summed E-state index contributed by atoms with van der Waals surface area (Å²) in [7, 11) is 1.59. The van der Waals surface area contributed by atoms with Gasteiger partial charge < -0.3 is 20.1 Å². The second-order valence-corrected chi connectivity index (χ2v) is 4.58. The lowest BCUT2D eigenvalue weighted by Crippen LogP contribution is -2.29. The van der Waals surface area contributed by atoms with Gasteiger partial charge >= 0.3 is 0 Å². The Morgan fingerprint density at radius 1 is 1.21 bits per heavy atom. The lowest BCUT2D eigenvalue weighted by molar-refractivity contribution is 0.0644. The maximum atomic E-state index is 9.51. The van der Waals surface area contributed by atoms with Crippen molar-refractivity contribution >= 4 is 5.69 Å². The molecule has 1 aromatic rings. The van der Waals surface area contributed by atoms with E-state index in [-0.39, 0.29) is 0 Å². The Balaban J connectivity index is 2.40. The molecule has 1 rings (SSSR count). The first-order chi connectivity index (χ1) is 9.21. The van der Waals surface area contributed by atoms with Crippen LogP contribution in [0.5, 0.6) is 0 Å². The van der Waals surface area contributed by atoms with Crippen molar-refractivity contribution in [1.29, 1.82) is 0 Å².